The lowest BCUT2D eigenvalue weighted by molar-refractivity contribution is -0.144. The number of hydrogen-bond acceptors (Lipinski definition) is 7. The fraction of sp³-hybridized carbons (Fsp3) is 0.341. The maximum Gasteiger partial charge on any atom is 0.330 e. The van der Waals surface area contributed by atoms with E-state index in [1.165, 1.54) is 29.2 Å². The number of rotatable bonds is 14. The van der Waals surface area contributed by atoms with Crippen molar-refractivity contribution in [1.29, 1.82) is 0 Å². The number of carbonyl (C=O) groups is 4. The van der Waals surface area contributed by atoms with Crippen LogP contribution in [0.5, 0.6) is 11.5 Å². The molecule has 0 bridgehead atoms. The summed E-state index contributed by atoms with van der Waals surface area (Å²) >= 11 is 0. The van der Waals surface area contributed by atoms with Crippen LogP contribution in [-0.2, 0) is 9.59 Å². The standard InChI is InChI=1S/C41H44FN5O7/c1-5-27-21-41(27,39(50)51)46-38(49)35-19-31(54-36-20-33(25-10-7-6-8-11-25)45-34-18-30(53-4)14-15-32(34)36)23-47(35)40(52)44-29(16-24(2)3)22-43-37(48)26-12-9-13-28(42)17-26/h5-15,17-18,20,24,27,29,31,35H,1,16,19,21-23H2,2-4H3,(H,43,48)(H,44,52)(H,46,49)(H,50,51)/t27-,29+,31-,35+,41-/m1/s1. The molecule has 1 aliphatic heterocycles. The smallest absolute Gasteiger partial charge is 0.330 e. The first-order chi connectivity index (χ1) is 25.9. The lowest BCUT2D eigenvalue weighted by atomic mass is 10.0. The van der Waals surface area contributed by atoms with Gasteiger partial charge in [0.05, 0.1) is 24.9 Å². The molecular weight excluding hydrogens is 693 g/mol. The summed E-state index contributed by atoms with van der Waals surface area (Å²) in [6, 6.07) is 19.9. The fourth-order valence-corrected chi connectivity index (χ4v) is 6.98. The van der Waals surface area contributed by atoms with E-state index in [9.17, 15) is 28.7 Å². The number of halogens is 1. The van der Waals surface area contributed by atoms with Gasteiger partial charge < -0.3 is 35.4 Å². The highest BCUT2D eigenvalue weighted by Crippen LogP contribution is 2.45. The topological polar surface area (TPSA) is 159 Å². The van der Waals surface area contributed by atoms with Crippen LogP contribution in [-0.4, -0.2) is 82.7 Å². The number of urea groups is 1. The molecular formula is C41H44FN5O7. The zero-order valence-corrected chi connectivity index (χ0v) is 30.4. The molecule has 0 spiro atoms. The number of fused-ring (bicyclic) bond motifs is 1. The first-order valence-electron chi connectivity index (χ1n) is 17.9. The molecule has 13 heteroatoms. The average molecular weight is 738 g/mol. The first kappa shape index (κ1) is 37.8. The summed E-state index contributed by atoms with van der Waals surface area (Å²) < 4.78 is 25.9. The highest BCUT2D eigenvalue weighted by Gasteiger charge is 2.61. The number of benzene rings is 3. The Bertz CT molecular complexity index is 2060. The summed E-state index contributed by atoms with van der Waals surface area (Å²) in [5.41, 5.74) is 0.766. The molecule has 4 N–H and O–H groups in total. The summed E-state index contributed by atoms with van der Waals surface area (Å²) in [5, 5.41) is 19.2. The van der Waals surface area contributed by atoms with E-state index in [1.54, 1.807) is 19.2 Å². The predicted molar refractivity (Wildman–Crippen MR) is 201 cm³/mol. The number of carboxylic acids is 1. The Balaban J connectivity index is 1.27. The quantitative estimate of drug-likeness (QED) is 0.122. The molecule has 5 atom stereocenters. The first-order valence-corrected chi connectivity index (χ1v) is 17.9. The molecule has 2 heterocycles. The van der Waals surface area contributed by atoms with Gasteiger partial charge in [0.25, 0.3) is 5.91 Å². The highest BCUT2D eigenvalue weighted by molar-refractivity contribution is 5.95. The number of aromatic nitrogens is 1. The van der Waals surface area contributed by atoms with Crippen LogP contribution in [0.15, 0.2) is 91.5 Å². The lowest BCUT2D eigenvalue weighted by Crippen LogP contribution is -2.56. The summed E-state index contributed by atoms with van der Waals surface area (Å²) in [6.45, 7) is 7.70. The van der Waals surface area contributed by atoms with Crippen molar-refractivity contribution in [3.8, 4) is 22.8 Å². The molecule has 54 heavy (non-hydrogen) atoms. The number of carboxylic acid groups (broad SMARTS) is 1. The second kappa shape index (κ2) is 15.9. The Morgan fingerprint density at radius 1 is 1.07 bits per heavy atom. The number of hydrogen-bond donors (Lipinski definition) is 4. The average Bonchev–Trinajstić information content (AvgIpc) is 3.72. The largest absolute Gasteiger partial charge is 0.497 e. The van der Waals surface area contributed by atoms with Crippen LogP contribution in [0.25, 0.3) is 22.2 Å². The number of pyridine rings is 1. The Labute approximate surface area is 312 Å². The molecule has 4 aromatic rings. The Kier molecular flexibility index (Phi) is 11.2. The van der Waals surface area contributed by atoms with Crippen LogP contribution < -0.4 is 25.4 Å². The van der Waals surface area contributed by atoms with E-state index < -0.39 is 59.3 Å². The molecule has 4 amide bonds. The van der Waals surface area contributed by atoms with Crippen molar-refractivity contribution in [3.05, 3.63) is 103 Å². The third-order valence-electron chi connectivity index (χ3n) is 9.87. The van der Waals surface area contributed by atoms with E-state index in [4.69, 9.17) is 14.5 Å². The van der Waals surface area contributed by atoms with Crippen molar-refractivity contribution in [2.75, 3.05) is 20.2 Å². The molecule has 2 fully saturated rings. The van der Waals surface area contributed by atoms with E-state index in [-0.39, 0.29) is 37.4 Å². The molecule has 282 valence electrons. The number of carbonyl (C=O) groups excluding carboxylic acids is 3. The van der Waals surface area contributed by atoms with Crippen LogP contribution in [0.1, 0.15) is 43.5 Å². The van der Waals surface area contributed by atoms with Crippen molar-refractivity contribution in [2.24, 2.45) is 11.8 Å². The molecule has 3 aromatic carbocycles. The summed E-state index contributed by atoms with van der Waals surface area (Å²) in [6.07, 6.45) is 1.57. The molecule has 6 rings (SSSR count). The number of methoxy groups -OCH3 is 1. The highest BCUT2D eigenvalue weighted by atomic mass is 19.1. The molecule has 1 aliphatic carbocycles. The summed E-state index contributed by atoms with van der Waals surface area (Å²) in [4.78, 5) is 59.4. The van der Waals surface area contributed by atoms with Gasteiger partial charge in [-0.05, 0) is 49.1 Å². The Hall–Kier alpha value is -5.98. The number of aliphatic carboxylic acids is 1. The molecule has 0 unspecified atom stereocenters. The van der Waals surface area contributed by atoms with Gasteiger partial charge in [-0.1, -0.05) is 56.3 Å². The second-order valence-corrected chi connectivity index (χ2v) is 14.2. The number of ether oxygens (including phenoxy) is 2. The van der Waals surface area contributed by atoms with Gasteiger partial charge >= 0.3 is 12.0 Å². The fourth-order valence-electron chi connectivity index (χ4n) is 6.98. The summed E-state index contributed by atoms with van der Waals surface area (Å²) in [5.74, 6) is -2.09. The molecule has 1 saturated carbocycles. The van der Waals surface area contributed by atoms with Crippen molar-refractivity contribution in [2.45, 2.75) is 56.8 Å². The van der Waals surface area contributed by atoms with Gasteiger partial charge in [0.15, 0.2) is 0 Å². The third kappa shape index (κ3) is 8.30. The van der Waals surface area contributed by atoms with Crippen molar-refractivity contribution in [3.63, 3.8) is 0 Å². The molecule has 1 aromatic heterocycles. The number of likely N-dealkylation sites (tertiary alicyclic amines) is 1. The van der Waals surface area contributed by atoms with Crippen LogP contribution in [0, 0.1) is 17.7 Å². The van der Waals surface area contributed by atoms with Crippen molar-refractivity contribution < 1.29 is 38.1 Å². The van der Waals surface area contributed by atoms with Gasteiger partial charge in [-0.25, -0.2) is 19.0 Å². The minimum atomic E-state index is -1.51. The van der Waals surface area contributed by atoms with E-state index >= 15 is 0 Å². The maximum absolute atomic E-state index is 14.1. The number of nitrogens with one attached hydrogen (secondary N) is 3. The van der Waals surface area contributed by atoms with E-state index in [2.05, 4.69) is 22.5 Å². The Morgan fingerprint density at radius 2 is 1.85 bits per heavy atom. The van der Waals surface area contributed by atoms with Gasteiger partial charge in [0.2, 0.25) is 5.91 Å². The zero-order chi connectivity index (χ0) is 38.6. The third-order valence-corrected chi connectivity index (χ3v) is 9.87. The van der Waals surface area contributed by atoms with Gasteiger partial charge in [-0.15, -0.1) is 6.58 Å². The van der Waals surface area contributed by atoms with Gasteiger partial charge in [0.1, 0.15) is 35.0 Å². The normalized spacial score (nSPS) is 20.9. The minimum absolute atomic E-state index is 0.000427. The molecule has 2 aliphatic rings. The van der Waals surface area contributed by atoms with E-state index in [0.717, 1.165) is 11.6 Å². The van der Waals surface area contributed by atoms with Crippen LogP contribution >= 0.6 is 0 Å². The molecule has 12 nitrogen and oxygen atoms in total. The van der Waals surface area contributed by atoms with E-state index in [1.807, 2.05) is 56.3 Å². The lowest BCUT2D eigenvalue weighted by Gasteiger charge is -2.29. The maximum atomic E-state index is 14.1. The second-order valence-electron chi connectivity index (χ2n) is 14.2. The number of nitrogens with zero attached hydrogens (tertiary/aromatic N) is 2. The van der Waals surface area contributed by atoms with Crippen LogP contribution in [0.4, 0.5) is 9.18 Å². The van der Waals surface area contributed by atoms with Gasteiger partial charge in [-0.3, -0.25) is 9.59 Å². The van der Waals surface area contributed by atoms with Gasteiger partial charge in [-0.2, -0.15) is 0 Å². The predicted octanol–water partition coefficient (Wildman–Crippen LogP) is 5.57. The van der Waals surface area contributed by atoms with Crippen molar-refractivity contribution in [1.82, 2.24) is 25.8 Å². The Morgan fingerprint density at radius 3 is 2.52 bits per heavy atom. The number of amides is 4. The zero-order valence-electron chi connectivity index (χ0n) is 30.4. The van der Waals surface area contributed by atoms with Crippen LogP contribution in [0.3, 0.4) is 0 Å². The SMILES string of the molecule is C=C[C@@H]1C[C@]1(NC(=O)[C@@H]1C[C@@H](Oc2cc(-c3ccccc3)nc3cc(OC)ccc23)CN1C(=O)N[C@H](CNC(=O)c1cccc(F)c1)CC(C)C)C(=O)O. The summed E-state index contributed by atoms with van der Waals surface area (Å²) in [7, 11) is 1.57. The van der Waals surface area contributed by atoms with E-state index in [0.29, 0.717) is 34.5 Å². The minimum Gasteiger partial charge on any atom is -0.497 e. The monoisotopic (exact) mass is 737 g/mol. The van der Waals surface area contributed by atoms with Crippen molar-refractivity contribution >= 4 is 34.7 Å². The molecule has 0 radical (unpaired) electrons. The van der Waals surface area contributed by atoms with Crippen LogP contribution in [0.2, 0.25) is 0 Å². The molecule has 1 saturated heterocycles. The van der Waals surface area contributed by atoms with Gasteiger partial charge in [0, 0.05) is 53.6 Å².